The van der Waals surface area contributed by atoms with Gasteiger partial charge in [-0.1, -0.05) is 12.1 Å². The third kappa shape index (κ3) is 7.63. The zero-order chi connectivity index (χ0) is 30.5. The van der Waals surface area contributed by atoms with Crippen molar-refractivity contribution < 1.29 is 37.3 Å². The predicted octanol–water partition coefficient (Wildman–Crippen LogP) is 6.05. The first-order valence-corrected chi connectivity index (χ1v) is 13.6. The number of nitrogens with zero attached hydrogens (tertiary/aromatic N) is 1. The molecule has 1 aliphatic heterocycles. The average molecular weight is 580 g/mol. The minimum atomic E-state index is -5.08. The summed E-state index contributed by atoms with van der Waals surface area (Å²) >= 11 is 0. The summed E-state index contributed by atoms with van der Waals surface area (Å²) in [6, 6.07) is 13.4. The quantitative estimate of drug-likeness (QED) is 0.386. The van der Waals surface area contributed by atoms with Crippen LogP contribution in [0.1, 0.15) is 56.2 Å². The van der Waals surface area contributed by atoms with E-state index in [9.17, 15) is 18.0 Å². The van der Waals surface area contributed by atoms with Gasteiger partial charge >= 0.3 is 18.2 Å². The summed E-state index contributed by atoms with van der Waals surface area (Å²) in [7, 11) is 3.37. The Kier molecular flexibility index (Phi) is 10.2. The lowest BCUT2D eigenvalue weighted by Gasteiger charge is -2.46. The number of ether oxygens (including phenoxy) is 2. The molecule has 0 spiro atoms. The van der Waals surface area contributed by atoms with Gasteiger partial charge in [-0.15, -0.1) is 0 Å². The molecule has 0 bridgehead atoms. The minimum Gasteiger partial charge on any atom is -0.493 e. The van der Waals surface area contributed by atoms with Crippen molar-refractivity contribution in [2.75, 3.05) is 26.1 Å². The zero-order valence-electron chi connectivity index (χ0n) is 24.4. The Morgan fingerprint density at radius 2 is 1.63 bits per heavy atom. The number of carboxylic acids is 1. The van der Waals surface area contributed by atoms with E-state index in [0.717, 1.165) is 60.5 Å². The van der Waals surface area contributed by atoms with Crippen LogP contribution in [0.15, 0.2) is 36.4 Å². The fourth-order valence-corrected chi connectivity index (χ4v) is 6.22. The summed E-state index contributed by atoms with van der Waals surface area (Å²) < 4.78 is 42.8. The van der Waals surface area contributed by atoms with Crippen LogP contribution in [0.2, 0.25) is 0 Å². The van der Waals surface area contributed by atoms with Gasteiger partial charge in [0, 0.05) is 29.2 Å². The molecule has 0 radical (unpaired) electrons. The Morgan fingerprint density at radius 1 is 1.02 bits per heavy atom. The first-order chi connectivity index (χ1) is 19.2. The van der Waals surface area contributed by atoms with Gasteiger partial charge in [-0.25, -0.2) is 9.59 Å². The van der Waals surface area contributed by atoms with Gasteiger partial charge in [0.15, 0.2) is 11.5 Å². The number of halogens is 3. The monoisotopic (exact) mass is 579 g/mol. The highest BCUT2D eigenvalue weighted by Crippen LogP contribution is 2.50. The number of hydrogen-bond acceptors (Lipinski definition) is 5. The number of alkyl halides is 3. The third-order valence-electron chi connectivity index (χ3n) is 7.98. The molecule has 2 amide bonds. The minimum absolute atomic E-state index is 0.0616. The van der Waals surface area contributed by atoms with Crippen molar-refractivity contribution in [1.82, 2.24) is 10.2 Å². The molecule has 8 nitrogen and oxygen atoms in total. The number of carboxylic acid groups (broad SMARTS) is 1. The van der Waals surface area contributed by atoms with E-state index < -0.39 is 12.1 Å². The number of aliphatic carboxylic acids is 1. The van der Waals surface area contributed by atoms with Crippen molar-refractivity contribution in [3.63, 3.8) is 0 Å². The molecule has 2 aliphatic rings. The van der Waals surface area contributed by atoms with Crippen molar-refractivity contribution in [1.29, 1.82) is 0 Å². The second kappa shape index (κ2) is 13.0. The summed E-state index contributed by atoms with van der Waals surface area (Å²) in [5.74, 6) is -1.21. The van der Waals surface area contributed by atoms with Crippen molar-refractivity contribution in [2.24, 2.45) is 0 Å². The highest BCUT2D eigenvalue weighted by molar-refractivity contribution is 5.89. The lowest BCUT2D eigenvalue weighted by atomic mass is 9.65. The number of amides is 2. The molecule has 2 fully saturated rings. The second-order valence-electron chi connectivity index (χ2n) is 11.1. The van der Waals surface area contributed by atoms with Crippen LogP contribution in [-0.4, -0.2) is 67.1 Å². The molecular formula is C30H40F3N3O5. The van der Waals surface area contributed by atoms with E-state index >= 15 is 0 Å². The normalized spacial score (nSPS) is 22.3. The number of rotatable bonds is 6. The Labute approximate surface area is 239 Å². The third-order valence-corrected chi connectivity index (χ3v) is 7.98. The molecule has 1 saturated heterocycles. The lowest BCUT2D eigenvalue weighted by molar-refractivity contribution is -0.192. The molecule has 4 rings (SSSR count). The molecule has 1 aliphatic carbocycles. The predicted molar refractivity (Wildman–Crippen MR) is 151 cm³/mol. The van der Waals surface area contributed by atoms with E-state index in [1.165, 1.54) is 5.56 Å². The van der Waals surface area contributed by atoms with Crippen molar-refractivity contribution >= 4 is 17.7 Å². The first-order valence-electron chi connectivity index (χ1n) is 13.6. The molecule has 3 N–H and O–H groups in total. The Hall–Kier alpha value is -3.47. The Balaban J connectivity index is 0.000000587. The maximum absolute atomic E-state index is 12.8. The van der Waals surface area contributed by atoms with Crippen LogP contribution in [0.3, 0.4) is 0 Å². The van der Waals surface area contributed by atoms with Gasteiger partial charge in [-0.3, -0.25) is 4.90 Å². The second-order valence-corrected chi connectivity index (χ2v) is 11.1. The molecule has 1 saturated carbocycles. The lowest BCUT2D eigenvalue weighted by Crippen LogP contribution is -2.54. The van der Waals surface area contributed by atoms with Crippen LogP contribution in [0, 0.1) is 13.8 Å². The number of urea groups is 1. The van der Waals surface area contributed by atoms with Gasteiger partial charge in [0.25, 0.3) is 0 Å². The van der Waals surface area contributed by atoms with Crippen LogP contribution in [0.5, 0.6) is 11.5 Å². The molecule has 2 aromatic carbocycles. The van der Waals surface area contributed by atoms with Gasteiger partial charge in [-0.2, -0.15) is 13.2 Å². The van der Waals surface area contributed by atoms with Crippen LogP contribution in [0.4, 0.5) is 23.7 Å². The molecule has 41 heavy (non-hydrogen) atoms. The van der Waals surface area contributed by atoms with E-state index in [1.54, 1.807) is 14.2 Å². The fourth-order valence-electron chi connectivity index (χ4n) is 6.22. The number of anilines is 1. The van der Waals surface area contributed by atoms with E-state index in [2.05, 4.69) is 47.6 Å². The van der Waals surface area contributed by atoms with E-state index in [1.807, 2.05) is 32.0 Å². The van der Waals surface area contributed by atoms with Gasteiger partial charge in [-0.05, 0) is 101 Å². The van der Waals surface area contributed by atoms with Crippen molar-refractivity contribution in [2.45, 2.75) is 83.1 Å². The van der Waals surface area contributed by atoms with Gasteiger partial charge in [0.1, 0.15) is 0 Å². The molecule has 0 aromatic heterocycles. The highest BCUT2D eigenvalue weighted by atomic mass is 19.4. The number of aryl methyl sites for hydroxylation is 2. The standard InChI is InChI=1S/C28H39N3O3.C2HF3O2/c1-18(2)31-12-11-28(21-7-8-24(33-5)25(16-21)34-6)10-9-22(17-26(28)31)29-27(32)30-23-14-19(3)13-20(4)15-23;3-2(4,5)1(6)7/h7-8,13-16,18,22,26H,9-12,17H2,1-6H3,(H2,29,30,32);(H,6,7). The van der Waals surface area contributed by atoms with Crippen LogP contribution >= 0.6 is 0 Å². The van der Waals surface area contributed by atoms with Crippen LogP contribution in [0.25, 0.3) is 0 Å². The smallest absolute Gasteiger partial charge is 0.490 e. The molecule has 11 heteroatoms. The molecule has 226 valence electrons. The summed E-state index contributed by atoms with van der Waals surface area (Å²) in [6.07, 6.45) is -1.04. The number of fused-ring (bicyclic) bond motifs is 1. The van der Waals surface area contributed by atoms with Crippen LogP contribution in [-0.2, 0) is 10.2 Å². The number of carbonyl (C=O) groups is 2. The van der Waals surface area contributed by atoms with Gasteiger partial charge < -0.3 is 25.2 Å². The number of methoxy groups -OCH3 is 2. The fraction of sp³-hybridized carbons (Fsp3) is 0.533. The van der Waals surface area contributed by atoms with E-state index in [0.29, 0.717) is 12.1 Å². The molecular weight excluding hydrogens is 539 g/mol. The van der Waals surface area contributed by atoms with Crippen molar-refractivity contribution in [3.05, 3.63) is 53.1 Å². The number of carbonyl (C=O) groups excluding carboxylic acids is 1. The molecule has 2 aromatic rings. The molecule has 1 heterocycles. The van der Waals surface area contributed by atoms with Crippen molar-refractivity contribution in [3.8, 4) is 11.5 Å². The van der Waals surface area contributed by atoms with Gasteiger partial charge in [0.05, 0.1) is 14.2 Å². The van der Waals surface area contributed by atoms with E-state index in [-0.39, 0.29) is 17.5 Å². The van der Waals surface area contributed by atoms with Gasteiger partial charge in [0.2, 0.25) is 0 Å². The summed E-state index contributed by atoms with van der Waals surface area (Å²) in [4.78, 5) is 24.4. The molecule has 3 atom stereocenters. The SMILES string of the molecule is COc1ccc(C23CCC(NC(=O)Nc4cc(C)cc(C)c4)CC2N(C(C)C)CC3)cc1OC.O=C(O)C(F)(F)F. The Morgan fingerprint density at radius 3 is 2.17 bits per heavy atom. The maximum atomic E-state index is 12.8. The number of hydrogen-bond donors (Lipinski definition) is 3. The summed E-state index contributed by atoms with van der Waals surface area (Å²) in [5.41, 5.74) is 4.51. The van der Waals surface area contributed by atoms with E-state index in [4.69, 9.17) is 19.4 Å². The highest BCUT2D eigenvalue weighted by Gasteiger charge is 2.52. The maximum Gasteiger partial charge on any atom is 0.490 e. The zero-order valence-corrected chi connectivity index (χ0v) is 24.4. The number of nitrogens with one attached hydrogen (secondary N) is 2. The largest absolute Gasteiger partial charge is 0.493 e. The summed E-state index contributed by atoms with van der Waals surface area (Å²) in [6.45, 7) is 9.71. The number of likely N-dealkylation sites (tertiary alicyclic amines) is 1. The average Bonchev–Trinajstić information content (AvgIpc) is 3.27. The Bertz CT molecular complexity index is 1220. The topological polar surface area (TPSA) is 100 Å². The first kappa shape index (κ1) is 32.0. The molecule has 3 unspecified atom stereocenters. The van der Waals surface area contributed by atoms with Crippen LogP contribution < -0.4 is 20.1 Å². The summed E-state index contributed by atoms with van der Waals surface area (Å²) in [5, 5.41) is 13.4. The number of benzene rings is 2.